The van der Waals surface area contributed by atoms with Crippen molar-refractivity contribution in [2.24, 2.45) is 0 Å². The minimum atomic E-state index is -6.47. The van der Waals surface area contributed by atoms with Gasteiger partial charge in [-0.3, -0.25) is 0 Å². The van der Waals surface area contributed by atoms with Gasteiger partial charge in [-0.25, -0.2) is 4.39 Å². The number of hydrogen-bond donors (Lipinski definition) is 0. The second-order valence-corrected chi connectivity index (χ2v) is 4.01. The Morgan fingerprint density at radius 2 is 1.33 bits per heavy atom. The number of halogens is 8. The molecule has 0 spiro atoms. The summed E-state index contributed by atoms with van der Waals surface area (Å²) in [7, 11) is 0. The third kappa shape index (κ3) is 3.71. The van der Waals surface area contributed by atoms with Gasteiger partial charge in [0.2, 0.25) is 0 Å². The Bertz CT molecular complexity index is 245. The molecule has 0 radical (unpaired) electrons. The van der Waals surface area contributed by atoms with Crippen LogP contribution in [0.25, 0.3) is 0 Å². The van der Waals surface area contributed by atoms with Crippen LogP contribution in [-0.2, 0) is 0 Å². The average molecular weight is 286 g/mol. The van der Waals surface area contributed by atoms with Crippen LogP contribution in [0.15, 0.2) is 0 Å². The molecule has 0 aromatic carbocycles. The van der Waals surface area contributed by atoms with Gasteiger partial charge in [-0.1, -0.05) is 32.6 Å². The van der Waals surface area contributed by atoms with Crippen LogP contribution in [0.2, 0.25) is 0 Å². The van der Waals surface area contributed by atoms with Crippen LogP contribution in [-0.4, -0.2) is 24.2 Å². The van der Waals surface area contributed by atoms with Crippen LogP contribution < -0.4 is 0 Å². The molecule has 0 heterocycles. The second kappa shape index (κ2) is 6.06. The summed E-state index contributed by atoms with van der Waals surface area (Å²) in [4.78, 5) is 0. The topological polar surface area (TPSA) is 0 Å². The molecular weight excluding hydrogens is 272 g/mol. The summed E-state index contributed by atoms with van der Waals surface area (Å²) in [5.41, 5.74) is 0. The first-order valence-electron chi connectivity index (χ1n) is 5.45. The monoisotopic (exact) mass is 286 g/mol. The lowest BCUT2D eigenvalue weighted by atomic mass is 10.0. The van der Waals surface area contributed by atoms with Gasteiger partial charge in [0.05, 0.1) is 0 Å². The van der Waals surface area contributed by atoms with Crippen molar-refractivity contribution in [2.75, 3.05) is 0 Å². The molecule has 8 heteroatoms. The largest absolute Gasteiger partial charge is 0.459 e. The molecule has 18 heavy (non-hydrogen) atoms. The van der Waals surface area contributed by atoms with Crippen molar-refractivity contribution in [3.05, 3.63) is 0 Å². The Kier molecular flexibility index (Phi) is 5.87. The van der Waals surface area contributed by atoms with Crippen molar-refractivity contribution in [3.8, 4) is 0 Å². The molecule has 0 nitrogen and oxygen atoms in total. The Balaban J connectivity index is 4.61. The third-order valence-corrected chi connectivity index (χ3v) is 2.48. The van der Waals surface area contributed by atoms with Gasteiger partial charge in [0, 0.05) is 0 Å². The van der Waals surface area contributed by atoms with Crippen molar-refractivity contribution in [2.45, 2.75) is 63.2 Å². The van der Waals surface area contributed by atoms with Gasteiger partial charge in [0.1, 0.15) is 0 Å². The van der Waals surface area contributed by atoms with Crippen LogP contribution in [0.3, 0.4) is 0 Å². The van der Waals surface area contributed by atoms with Crippen LogP contribution in [0, 0.1) is 0 Å². The molecule has 0 aromatic rings. The highest BCUT2D eigenvalue weighted by Crippen LogP contribution is 2.49. The first-order valence-corrected chi connectivity index (χ1v) is 5.45. The van der Waals surface area contributed by atoms with E-state index in [9.17, 15) is 35.1 Å². The first-order chi connectivity index (χ1) is 7.98. The molecule has 0 fully saturated rings. The normalized spacial score (nSPS) is 15.8. The van der Waals surface area contributed by atoms with E-state index in [4.69, 9.17) is 0 Å². The van der Waals surface area contributed by atoms with E-state index in [-0.39, 0.29) is 6.42 Å². The summed E-state index contributed by atoms with van der Waals surface area (Å²) in [6, 6.07) is 0. The first kappa shape index (κ1) is 17.4. The molecule has 0 amide bonds. The highest BCUT2D eigenvalue weighted by atomic mass is 19.4. The van der Waals surface area contributed by atoms with Gasteiger partial charge in [0.15, 0.2) is 6.17 Å². The highest BCUT2D eigenvalue weighted by molar-refractivity contribution is 4.95. The van der Waals surface area contributed by atoms with Crippen molar-refractivity contribution in [3.63, 3.8) is 0 Å². The zero-order valence-corrected chi connectivity index (χ0v) is 9.64. The fourth-order valence-electron chi connectivity index (χ4n) is 1.32. The quantitative estimate of drug-likeness (QED) is 0.449. The van der Waals surface area contributed by atoms with Gasteiger partial charge in [0.25, 0.3) is 0 Å². The van der Waals surface area contributed by atoms with Gasteiger partial charge in [-0.15, -0.1) is 0 Å². The molecule has 1 unspecified atom stereocenters. The van der Waals surface area contributed by atoms with Crippen molar-refractivity contribution in [1.29, 1.82) is 0 Å². The lowest BCUT2D eigenvalue weighted by Crippen LogP contribution is -2.56. The molecule has 0 aliphatic rings. The van der Waals surface area contributed by atoms with Crippen LogP contribution in [0.5, 0.6) is 0 Å². The van der Waals surface area contributed by atoms with E-state index in [0.717, 1.165) is 0 Å². The Morgan fingerprint density at radius 1 is 0.833 bits per heavy atom. The van der Waals surface area contributed by atoms with Crippen molar-refractivity contribution >= 4 is 0 Å². The second-order valence-electron chi connectivity index (χ2n) is 4.01. The number of unbranched alkanes of at least 4 members (excludes halogenated alkanes) is 3. The predicted molar refractivity (Wildman–Crippen MR) is 49.6 cm³/mol. The summed E-state index contributed by atoms with van der Waals surface area (Å²) in [5, 5.41) is 0. The Hall–Kier alpha value is -0.560. The standard InChI is InChI=1S/C10H14F8/c1-2-3-4-5-6-7(11)8(12,13)9(14,15)10(16,17)18/h7H,2-6H2,1H3. The van der Waals surface area contributed by atoms with Crippen molar-refractivity contribution in [1.82, 2.24) is 0 Å². The summed E-state index contributed by atoms with van der Waals surface area (Å²) < 4.78 is 98.5. The average Bonchev–Trinajstić information content (AvgIpc) is 2.22. The zero-order valence-electron chi connectivity index (χ0n) is 9.64. The Morgan fingerprint density at radius 3 is 1.72 bits per heavy atom. The van der Waals surface area contributed by atoms with E-state index in [1.807, 2.05) is 0 Å². The maximum Gasteiger partial charge on any atom is 0.459 e. The maximum atomic E-state index is 12.9. The molecule has 0 rings (SSSR count). The fourth-order valence-corrected chi connectivity index (χ4v) is 1.32. The summed E-state index contributed by atoms with van der Waals surface area (Å²) >= 11 is 0. The molecule has 0 aliphatic heterocycles. The Labute approximate surface area is 99.3 Å². The molecule has 0 aromatic heterocycles. The van der Waals surface area contributed by atoms with E-state index < -0.39 is 30.6 Å². The van der Waals surface area contributed by atoms with Gasteiger partial charge >= 0.3 is 18.0 Å². The van der Waals surface area contributed by atoms with E-state index in [2.05, 4.69) is 0 Å². The predicted octanol–water partition coefficient (Wildman–Crippen LogP) is 5.13. The summed E-state index contributed by atoms with van der Waals surface area (Å²) in [5.74, 6) is -12.1. The smallest absolute Gasteiger partial charge is 0.241 e. The van der Waals surface area contributed by atoms with E-state index >= 15 is 0 Å². The number of hydrogen-bond acceptors (Lipinski definition) is 0. The maximum absolute atomic E-state index is 12.9. The van der Waals surface area contributed by atoms with Gasteiger partial charge < -0.3 is 0 Å². The van der Waals surface area contributed by atoms with Gasteiger partial charge in [-0.2, -0.15) is 30.7 Å². The minimum Gasteiger partial charge on any atom is -0.241 e. The molecule has 0 saturated carbocycles. The van der Waals surface area contributed by atoms with Crippen LogP contribution in [0.1, 0.15) is 39.0 Å². The van der Waals surface area contributed by atoms with Crippen LogP contribution >= 0.6 is 0 Å². The lowest BCUT2D eigenvalue weighted by molar-refractivity contribution is -0.366. The van der Waals surface area contributed by atoms with Crippen molar-refractivity contribution < 1.29 is 35.1 Å². The highest BCUT2D eigenvalue weighted by Gasteiger charge is 2.75. The molecule has 0 bridgehead atoms. The molecule has 0 N–H and O–H groups in total. The number of alkyl halides is 8. The molecule has 110 valence electrons. The molecular formula is C10H14F8. The van der Waals surface area contributed by atoms with E-state index in [1.54, 1.807) is 6.92 Å². The molecule has 0 saturated heterocycles. The lowest BCUT2D eigenvalue weighted by Gasteiger charge is -2.30. The SMILES string of the molecule is CCCCCCC(F)C(F)(F)C(F)(F)C(F)(F)F. The van der Waals surface area contributed by atoms with Gasteiger partial charge in [-0.05, 0) is 6.42 Å². The molecule has 0 aliphatic carbocycles. The zero-order chi connectivity index (χ0) is 14.6. The summed E-state index contributed by atoms with van der Waals surface area (Å²) in [6.45, 7) is 1.78. The van der Waals surface area contributed by atoms with E-state index in [0.29, 0.717) is 19.3 Å². The minimum absolute atomic E-state index is 0.154. The fraction of sp³-hybridized carbons (Fsp3) is 1.00. The third-order valence-electron chi connectivity index (χ3n) is 2.48. The summed E-state index contributed by atoms with van der Waals surface area (Å²) in [6.07, 6.45) is -9.56. The number of rotatable bonds is 7. The molecule has 1 atom stereocenters. The van der Waals surface area contributed by atoms with Crippen LogP contribution in [0.4, 0.5) is 35.1 Å². The van der Waals surface area contributed by atoms with E-state index in [1.165, 1.54) is 0 Å².